The van der Waals surface area contributed by atoms with Gasteiger partial charge in [-0.1, -0.05) is 24.3 Å². The van der Waals surface area contributed by atoms with Crippen molar-refractivity contribution in [3.8, 4) is 22.5 Å². The van der Waals surface area contributed by atoms with Crippen LogP contribution in [0.2, 0.25) is 0 Å². The zero-order valence-electron chi connectivity index (χ0n) is 17.7. The Morgan fingerprint density at radius 2 is 1.40 bits per heavy atom. The number of aromatic nitrogens is 2. The number of hydrogen-bond donors (Lipinski definition) is 1. The summed E-state index contributed by atoms with van der Waals surface area (Å²) in [7, 11) is 0. The lowest BCUT2D eigenvalue weighted by Gasteiger charge is -2.17. The Labute approximate surface area is 195 Å². The third-order valence-electron chi connectivity index (χ3n) is 5.05. The fourth-order valence-corrected chi connectivity index (χ4v) is 3.55. The molecule has 2 aromatic heterocycles. The zero-order chi connectivity index (χ0) is 25.2. The van der Waals surface area contributed by atoms with Crippen LogP contribution in [0, 0.1) is 0 Å². The van der Waals surface area contributed by atoms with E-state index in [1.807, 2.05) is 0 Å². The van der Waals surface area contributed by atoms with Crippen molar-refractivity contribution in [3.63, 3.8) is 0 Å². The highest BCUT2D eigenvalue weighted by Gasteiger charge is 2.36. The largest absolute Gasteiger partial charge is 0.418 e. The van der Waals surface area contributed by atoms with Gasteiger partial charge in [0.15, 0.2) is 0 Å². The minimum Gasteiger partial charge on any atom is -0.321 e. The van der Waals surface area contributed by atoms with E-state index in [0.717, 1.165) is 24.3 Å². The third kappa shape index (κ3) is 5.16. The second-order valence-electron chi connectivity index (χ2n) is 7.37. The van der Waals surface area contributed by atoms with Crippen molar-refractivity contribution in [2.24, 2.45) is 0 Å². The minimum absolute atomic E-state index is 0.00668. The monoisotopic (exact) mass is 487 g/mol. The average Bonchev–Trinajstić information content (AvgIpc) is 2.83. The smallest absolute Gasteiger partial charge is 0.321 e. The van der Waals surface area contributed by atoms with Gasteiger partial charge in [-0.3, -0.25) is 14.8 Å². The summed E-state index contributed by atoms with van der Waals surface area (Å²) in [6.07, 6.45) is -6.88. The highest BCUT2D eigenvalue weighted by atomic mass is 19.4. The van der Waals surface area contributed by atoms with E-state index in [1.165, 1.54) is 60.9 Å². The Bertz CT molecular complexity index is 1370. The predicted molar refractivity (Wildman–Crippen MR) is 117 cm³/mol. The molecule has 0 unspecified atom stereocenters. The van der Waals surface area contributed by atoms with Crippen LogP contribution in [0.3, 0.4) is 0 Å². The summed E-state index contributed by atoms with van der Waals surface area (Å²) in [4.78, 5) is 20.8. The number of benzene rings is 2. The predicted octanol–water partition coefficient (Wildman–Crippen LogP) is 7.10. The molecule has 35 heavy (non-hydrogen) atoms. The van der Waals surface area contributed by atoms with Gasteiger partial charge in [-0.15, -0.1) is 0 Å². The summed E-state index contributed by atoms with van der Waals surface area (Å²) in [5.74, 6) is -0.812. The van der Waals surface area contributed by atoms with E-state index < -0.39 is 29.4 Å². The molecule has 0 aliphatic heterocycles. The van der Waals surface area contributed by atoms with Crippen molar-refractivity contribution < 1.29 is 31.1 Å². The number of carbonyl (C=O) groups is 1. The summed E-state index contributed by atoms with van der Waals surface area (Å²) in [6, 6.07) is 15.0. The van der Waals surface area contributed by atoms with E-state index in [-0.39, 0.29) is 33.8 Å². The molecule has 0 spiro atoms. The lowest BCUT2D eigenvalue weighted by Crippen LogP contribution is -2.15. The third-order valence-corrected chi connectivity index (χ3v) is 5.05. The van der Waals surface area contributed by atoms with Crippen molar-refractivity contribution in [2.45, 2.75) is 12.4 Å². The van der Waals surface area contributed by atoms with Crippen LogP contribution in [-0.2, 0) is 12.4 Å². The summed E-state index contributed by atoms with van der Waals surface area (Å²) in [5.41, 5.74) is -2.86. The van der Waals surface area contributed by atoms with Gasteiger partial charge < -0.3 is 5.32 Å². The van der Waals surface area contributed by atoms with Crippen LogP contribution in [0.1, 0.15) is 21.5 Å². The normalized spacial score (nSPS) is 11.8. The quantitative estimate of drug-likeness (QED) is 0.313. The first kappa shape index (κ1) is 23.9. The van der Waals surface area contributed by atoms with Crippen LogP contribution in [-0.4, -0.2) is 15.9 Å². The topological polar surface area (TPSA) is 54.9 Å². The van der Waals surface area contributed by atoms with Crippen LogP contribution in [0.4, 0.5) is 32.0 Å². The summed E-state index contributed by atoms with van der Waals surface area (Å²) in [6.45, 7) is 0. The summed E-state index contributed by atoms with van der Waals surface area (Å²) < 4.78 is 81.3. The molecule has 0 radical (unpaired) electrons. The number of nitrogens with one attached hydrogen (secondary N) is 1. The molecule has 0 fully saturated rings. The van der Waals surface area contributed by atoms with Crippen LogP contribution in [0.25, 0.3) is 22.5 Å². The van der Waals surface area contributed by atoms with Crippen LogP contribution >= 0.6 is 0 Å². The Hall–Kier alpha value is -4.21. The SMILES string of the molecule is O=C(Nc1cccc(C(F)(F)F)c1-c1ccccn1)c1cccc(-c2ncccc2C(F)(F)F)c1. The van der Waals surface area contributed by atoms with E-state index in [1.54, 1.807) is 0 Å². The molecule has 4 rings (SSSR count). The van der Waals surface area contributed by atoms with Crippen molar-refractivity contribution >= 4 is 11.6 Å². The number of alkyl halides is 6. The highest BCUT2D eigenvalue weighted by molar-refractivity contribution is 6.07. The zero-order valence-corrected chi connectivity index (χ0v) is 17.7. The van der Waals surface area contributed by atoms with Gasteiger partial charge in [0.2, 0.25) is 0 Å². The molecule has 0 aliphatic carbocycles. The Kier molecular flexibility index (Phi) is 6.29. The second-order valence-corrected chi connectivity index (χ2v) is 7.37. The van der Waals surface area contributed by atoms with Crippen molar-refractivity contribution in [2.75, 3.05) is 5.32 Å². The van der Waals surface area contributed by atoms with Gasteiger partial charge in [-0.25, -0.2) is 0 Å². The van der Waals surface area contributed by atoms with Gasteiger partial charge in [-0.2, -0.15) is 26.3 Å². The molecule has 1 amide bonds. The van der Waals surface area contributed by atoms with E-state index >= 15 is 0 Å². The van der Waals surface area contributed by atoms with Gasteiger partial charge in [0.1, 0.15) is 0 Å². The molecule has 1 N–H and O–H groups in total. The summed E-state index contributed by atoms with van der Waals surface area (Å²) in [5, 5.41) is 2.44. The van der Waals surface area contributed by atoms with Crippen molar-refractivity contribution in [3.05, 3.63) is 102 Å². The van der Waals surface area contributed by atoms with Gasteiger partial charge >= 0.3 is 12.4 Å². The molecule has 178 valence electrons. The van der Waals surface area contributed by atoms with E-state index in [0.29, 0.717) is 0 Å². The van der Waals surface area contributed by atoms with Gasteiger partial charge in [0, 0.05) is 29.1 Å². The average molecular weight is 487 g/mol. The molecular formula is C25H15F6N3O. The fraction of sp³-hybridized carbons (Fsp3) is 0.0800. The highest BCUT2D eigenvalue weighted by Crippen LogP contribution is 2.41. The number of carbonyl (C=O) groups excluding carboxylic acids is 1. The van der Waals surface area contributed by atoms with E-state index in [9.17, 15) is 31.1 Å². The molecule has 0 aliphatic rings. The molecule has 2 aromatic carbocycles. The standard InChI is InChI=1S/C25H15F6N3O/c26-24(27,28)17-8-4-11-20(21(17)19-10-1-2-12-32-19)34-23(35)16-7-3-6-15(14-16)22-18(25(29,30)31)9-5-13-33-22/h1-14H,(H,34,35). The lowest BCUT2D eigenvalue weighted by atomic mass is 10.00. The van der Waals surface area contributed by atoms with E-state index in [2.05, 4.69) is 15.3 Å². The summed E-state index contributed by atoms with van der Waals surface area (Å²) >= 11 is 0. The molecule has 0 atom stereocenters. The first-order chi connectivity index (χ1) is 16.6. The maximum Gasteiger partial charge on any atom is 0.418 e. The maximum absolute atomic E-state index is 13.7. The number of nitrogens with zero attached hydrogens (tertiary/aromatic N) is 2. The molecule has 0 saturated heterocycles. The van der Waals surface area contributed by atoms with Crippen molar-refractivity contribution in [1.29, 1.82) is 0 Å². The molecule has 4 aromatic rings. The molecular weight excluding hydrogens is 472 g/mol. The number of pyridine rings is 2. The van der Waals surface area contributed by atoms with Crippen LogP contribution < -0.4 is 5.32 Å². The maximum atomic E-state index is 13.7. The first-order valence-electron chi connectivity index (χ1n) is 10.1. The number of amides is 1. The molecule has 0 bridgehead atoms. The van der Waals surface area contributed by atoms with Crippen LogP contribution in [0.5, 0.6) is 0 Å². The number of hydrogen-bond acceptors (Lipinski definition) is 3. The van der Waals surface area contributed by atoms with Gasteiger partial charge in [-0.05, 0) is 48.5 Å². The minimum atomic E-state index is -4.72. The molecule has 10 heteroatoms. The van der Waals surface area contributed by atoms with E-state index in [4.69, 9.17) is 0 Å². The Morgan fingerprint density at radius 3 is 2.09 bits per heavy atom. The molecule has 2 heterocycles. The first-order valence-corrected chi connectivity index (χ1v) is 10.1. The number of halogens is 6. The Balaban J connectivity index is 1.74. The number of rotatable bonds is 4. The van der Waals surface area contributed by atoms with Gasteiger partial charge in [0.25, 0.3) is 5.91 Å². The fourth-order valence-electron chi connectivity index (χ4n) is 3.55. The number of anilines is 1. The molecule has 4 nitrogen and oxygen atoms in total. The van der Waals surface area contributed by atoms with Crippen molar-refractivity contribution in [1.82, 2.24) is 9.97 Å². The molecule has 0 saturated carbocycles. The second kappa shape index (κ2) is 9.21. The Morgan fingerprint density at radius 1 is 0.714 bits per heavy atom. The van der Waals surface area contributed by atoms with Gasteiger partial charge in [0.05, 0.1) is 28.2 Å². The lowest BCUT2D eigenvalue weighted by molar-refractivity contribution is -0.138. The van der Waals surface area contributed by atoms with Crippen LogP contribution in [0.15, 0.2) is 85.2 Å².